The highest BCUT2D eigenvalue weighted by Gasteiger charge is 2.15. The van der Waals surface area contributed by atoms with E-state index in [9.17, 15) is 8.42 Å². The van der Waals surface area contributed by atoms with Gasteiger partial charge in [0.2, 0.25) is 10.0 Å². The lowest BCUT2D eigenvalue weighted by Gasteiger charge is -2.04. The van der Waals surface area contributed by atoms with E-state index in [1.54, 1.807) is 10.7 Å². The van der Waals surface area contributed by atoms with Crippen molar-refractivity contribution in [2.24, 2.45) is 15.4 Å². The molecule has 0 amide bonds. The number of anilines is 1. The van der Waals surface area contributed by atoms with Crippen LogP contribution in [0.4, 0.5) is 17.2 Å². The second-order valence-corrected chi connectivity index (χ2v) is 7.97. The molecule has 4 rings (SSSR count). The fourth-order valence-corrected chi connectivity index (χ4v) is 3.31. The lowest BCUT2D eigenvalue weighted by molar-refractivity contribution is 0.598. The Morgan fingerprint density at radius 1 is 0.966 bits per heavy atom. The van der Waals surface area contributed by atoms with Crippen LogP contribution in [0.1, 0.15) is 5.56 Å². The largest absolute Gasteiger partial charge is 0.380 e. The number of primary sulfonamides is 1. The predicted octanol–water partition coefficient (Wildman–Crippen LogP) is 3.35. The molecule has 0 saturated heterocycles. The molecule has 2 aromatic heterocycles. The van der Waals surface area contributed by atoms with Crippen molar-refractivity contribution in [3.8, 4) is 11.3 Å². The molecule has 0 unspecified atom stereocenters. The Balaban J connectivity index is 1.73. The Kier molecular flexibility index (Phi) is 4.57. The fraction of sp³-hybridized carbons (Fsp3) is 0.0526. The van der Waals surface area contributed by atoms with E-state index >= 15 is 0 Å². The van der Waals surface area contributed by atoms with E-state index in [1.807, 2.05) is 37.3 Å². The summed E-state index contributed by atoms with van der Waals surface area (Å²) in [7, 11) is -3.76. The Morgan fingerprint density at radius 2 is 1.66 bits per heavy atom. The van der Waals surface area contributed by atoms with Gasteiger partial charge in [-0.2, -0.15) is 5.11 Å². The summed E-state index contributed by atoms with van der Waals surface area (Å²) in [4.78, 5) is 4.33. The molecule has 2 heterocycles. The third-order valence-electron chi connectivity index (χ3n) is 4.30. The molecular weight excluding hydrogens is 390 g/mol. The van der Waals surface area contributed by atoms with Crippen LogP contribution in [0.2, 0.25) is 0 Å². The first-order chi connectivity index (χ1) is 13.8. The van der Waals surface area contributed by atoms with Gasteiger partial charge in [0.25, 0.3) is 0 Å². The van der Waals surface area contributed by atoms with E-state index in [2.05, 4.69) is 20.3 Å². The highest BCUT2D eigenvalue weighted by Crippen LogP contribution is 2.31. The van der Waals surface area contributed by atoms with Crippen molar-refractivity contribution in [3.63, 3.8) is 0 Å². The zero-order chi connectivity index (χ0) is 20.6. The van der Waals surface area contributed by atoms with Gasteiger partial charge in [0.15, 0.2) is 17.2 Å². The van der Waals surface area contributed by atoms with Crippen LogP contribution in [0.15, 0.2) is 75.9 Å². The third kappa shape index (κ3) is 3.71. The van der Waals surface area contributed by atoms with Gasteiger partial charge in [0.1, 0.15) is 0 Å². The van der Waals surface area contributed by atoms with Gasteiger partial charge in [-0.25, -0.2) is 23.1 Å². The molecule has 0 aliphatic heterocycles. The van der Waals surface area contributed by atoms with E-state index in [1.165, 1.54) is 24.3 Å². The van der Waals surface area contributed by atoms with Crippen LogP contribution in [0.25, 0.3) is 16.9 Å². The molecule has 0 aliphatic rings. The molecule has 10 heteroatoms. The zero-order valence-electron chi connectivity index (χ0n) is 15.4. The quantitative estimate of drug-likeness (QED) is 0.499. The van der Waals surface area contributed by atoms with Crippen LogP contribution in [-0.4, -0.2) is 23.0 Å². The van der Waals surface area contributed by atoms with Crippen LogP contribution in [0, 0.1) is 6.92 Å². The van der Waals surface area contributed by atoms with Gasteiger partial charge in [0.05, 0.1) is 16.3 Å². The summed E-state index contributed by atoms with van der Waals surface area (Å²) in [5.41, 5.74) is 10.2. The van der Waals surface area contributed by atoms with Gasteiger partial charge in [-0.1, -0.05) is 29.8 Å². The lowest BCUT2D eigenvalue weighted by Crippen LogP contribution is -2.11. The van der Waals surface area contributed by atoms with E-state index in [4.69, 9.17) is 10.9 Å². The minimum Gasteiger partial charge on any atom is -0.380 e. The Bertz CT molecular complexity index is 1330. The van der Waals surface area contributed by atoms with E-state index in [0.717, 1.165) is 16.8 Å². The molecule has 0 saturated carbocycles. The molecule has 146 valence electrons. The number of aromatic nitrogens is 3. The normalized spacial score (nSPS) is 12.1. The molecular formula is C19H17N7O2S. The topological polar surface area (TPSA) is 141 Å². The molecule has 9 nitrogen and oxygen atoms in total. The molecule has 29 heavy (non-hydrogen) atoms. The maximum atomic E-state index is 11.3. The zero-order valence-corrected chi connectivity index (χ0v) is 16.2. The monoisotopic (exact) mass is 407 g/mol. The van der Waals surface area contributed by atoms with Crippen LogP contribution in [0.5, 0.6) is 0 Å². The first-order valence-corrected chi connectivity index (χ1v) is 10.1. The number of hydrogen-bond donors (Lipinski definition) is 2. The molecule has 0 fully saturated rings. The summed E-state index contributed by atoms with van der Waals surface area (Å²) in [6.45, 7) is 2.02. The van der Waals surface area contributed by atoms with Gasteiger partial charge in [-0.3, -0.25) is 0 Å². The Labute approximate surface area is 166 Å². The second kappa shape index (κ2) is 7.08. The van der Waals surface area contributed by atoms with Crippen molar-refractivity contribution in [1.29, 1.82) is 0 Å². The molecule has 0 aliphatic carbocycles. The molecule has 4 N–H and O–H groups in total. The SMILES string of the molecule is Cc1ccc(-c2ccnc3c(N=Nc4ccc(S(N)(=O)=O)cc4)c(N)nn23)cc1. The van der Waals surface area contributed by atoms with Crippen LogP contribution < -0.4 is 10.9 Å². The highest BCUT2D eigenvalue weighted by atomic mass is 32.2. The van der Waals surface area contributed by atoms with Crippen LogP contribution in [0.3, 0.4) is 0 Å². The van der Waals surface area contributed by atoms with E-state index in [-0.39, 0.29) is 10.7 Å². The van der Waals surface area contributed by atoms with Gasteiger partial charge < -0.3 is 5.73 Å². The van der Waals surface area contributed by atoms with Gasteiger partial charge in [-0.05, 0) is 37.3 Å². The molecule has 0 bridgehead atoms. The first-order valence-electron chi connectivity index (χ1n) is 8.58. The average molecular weight is 407 g/mol. The smallest absolute Gasteiger partial charge is 0.238 e. The summed E-state index contributed by atoms with van der Waals surface area (Å²) < 4.78 is 24.3. The van der Waals surface area contributed by atoms with Gasteiger partial charge >= 0.3 is 0 Å². The average Bonchev–Trinajstić information content (AvgIpc) is 3.02. The molecule has 0 spiro atoms. The number of hydrogen-bond acceptors (Lipinski definition) is 7. The molecule has 4 aromatic rings. The lowest BCUT2D eigenvalue weighted by atomic mass is 10.1. The van der Waals surface area contributed by atoms with Gasteiger partial charge in [0, 0.05) is 11.8 Å². The molecule has 2 aromatic carbocycles. The summed E-state index contributed by atoms with van der Waals surface area (Å²) >= 11 is 0. The van der Waals surface area contributed by atoms with E-state index in [0.29, 0.717) is 17.0 Å². The Morgan fingerprint density at radius 3 is 2.31 bits per heavy atom. The number of fused-ring (bicyclic) bond motifs is 1. The first kappa shape index (κ1) is 18.7. The van der Waals surface area contributed by atoms with Crippen LogP contribution in [-0.2, 0) is 10.0 Å². The fourth-order valence-electron chi connectivity index (χ4n) is 2.80. The number of sulfonamides is 1. The van der Waals surface area contributed by atoms with Gasteiger partial charge in [-0.15, -0.1) is 10.2 Å². The number of nitrogens with two attached hydrogens (primary N) is 2. The molecule has 0 atom stereocenters. The van der Waals surface area contributed by atoms with Crippen molar-refractivity contribution in [2.45, 2.75) is 11.8 Å². The number of nitrogen functional groups attached to an aromatic ring is 1. The summed E-state index contributed by atoms with van der Waals surface area (Å²) in [5.74, 6) is 0.182. The Hall–Kier alpha value is -3.63. The molecule has 0 radical (unpaired) electrons. The maximum absolute atomic E-state index is 11.3. The minimum absolute atomic E-state index is 0.00338. The standard InChI is InChI=1S/C19H17N7O2S/c1-12-2-4-13(5-3-12)16-10-11-22-19-17(18(20)25-26(16)19)24-23-14-6-8-15(9-7-14)29(21,27)28/h2-11H,1H3,(H2,20,25)(H2,21,27,28). The number of benzene rings is 2. The van der Waals surface area contributed by atoms with Crippen molar-refractivity contribution in [3.05, 3.63) is 66.4 Å². The van der Waals surface area contributed by atoms with Crippen LogP contribution >= 0.6 is 0 Å². The maximum Gasteiger partial charge on any atom is 0.238 e. The summed E-state index contributed by atoms with van der Waals surface area (Å²) in [5, 5.41) is 17.7. The summed E-state index contributed by atoms with van der Waals surface area (Å²) in [6, 6.07) is 15.6. The van der Waals surface area contributed by atoms with E-state index < -0.39 is 10.0 Å². The third-order valence-corrected chi connectivity index (χ3v) is 5.23. The number of nitrogens with zero attached hydrogens (tertiary/aromatic N) is 5. The summed E-state index contributed by atoms with van der Waals surface area (Å²) in [6.07, 6.45) is 1.66. The van der Waals surface area contributed by atoms with Crippen molar-refractivity contribution < 1.29 is 8.42 Å². The number of rotatable bonds is 4. The number of aryl methyl sites for hydroxylation is 1. The van der Waals surface area contributed by atoms with Crippen molar-refractivity contribution >= 4 is 32.9 Å². The van der Waals surface area contributed by atoms with Crippen molar-refractivity contribution in [1.82, 2.24) is 14.6 Å². The predicted molar refractivity (Wildman–Crippen MR) is 110 cm³/mol. The highest BCUT2D eigenvalue weighted by molar-refractivity contribution is 7.89. The second-order valence-electron chi connectivity index (χ2n) is 6.40. The minimum atomic E-state index is -3.76. The van der Waals surface area contributed by atoms with Crippen molar-refractivity contribution in [2.75, 3.05) is 5.73 Å². The number of azo groups is 1.